The van der Waals surface area contributed by atoms with Crippen molar-refractivity contribution in [2.75, 3.05) is 7.11 Å². The Morgan fingerprint density at radius 1 is 1.17 bits per heavy atom. The summed E-state index contributed by atoms with van der Waals surface area (Å²) < 4.78 is 46.9. The summed E-state index contributed by atoms with van der Waals surface area (Å²) in [5.74, 6) is 0.00220. The van der Waals surface area contributed by atoms with Gasteiger partial charge < -0.3 is 9.64 Å². The summed E-state index contributed by atoms with van der Waals surface area (Å²) in [6, 6.07) is 9.46. The molecule has 0 fully saturated rings. The van der Waals surface area contributed by atoms with Crippen molar-refractivity contribution in [1.82, 2.24) is 10.4 Å². The highest BCUT2D eigenvalue weighted by Crippen LogP contribution is 2.47. The van der Waals surface area contributed by atoms with Gasteiger partial charge >= 0.3 is 6.18 Å². The Hall–Kier alpha value is -3.00. The topological polar surface area (TPSA) is 50.8 Å². The molecule has 5 nitrogen and oxygen atoms in total. The fraction of sp³-hybridized carbons (Fsp3) is 0.318. The van der Waals surface area contributed by atoms with Crippen molar-refractivity contribution in [3.8, 4) is 5.75 Å². The zero-order valence-corrected chi connectivity index (χ0v) is 17.0. The molecule has 2 aromatic carbocycles. The fourth-order valence-electron chi connectivity index (χ4n) is 4.09. The van der Waals surface area contributed by atoms with Gasteiger partial charge in [0.1, 0.15) is 17.0 Å². The Morgan fingerprint density at radius 3 is 2.50 bits per heavy atom. The van der Waals surface area contributed by atoms with Crippen LogP contribution in [0, 0.1) is 6.92 Å². The molecule has 0 unspecified atom stereocenters. The molecule has 4 rings (SSSR count). The monoisotopic (exact) mass is 418 g/mol. The molecule has 2 aliphatic rings. The number of carbonyl (C=O) groups excluding carboxylic acids is 1. The van der Waals surface area contributed by atoms with E-state index in [1.54, 1.807) is 26.0 Å². The zero-order valence-electron chi connectivity index (χ0n) is 17.0. The third kappa shape index (κ3) is 3.02. The molecule has 30 heavy (non-hydrogen) atoms. The van der Waals surface area contributed by atoms with Gasteiger partial charge in [-0.15, -0.1) is 0 Å². The van der Waals surface area contributed by atoms with Crippen molar-refractivity contribution in [2.24, 2.45) is 0 Å². The molecule has 0 aromatic heterocycles. The molecule has 0 saturated heterocycles. The SMILES string of the molecule is CONC1=C(N2Cc3ccccc3C2=O)c2c(ccc(C(F)(F)F)c2C)OC1(C)C. The van der Waals surface area contributed by atoms with E-state index in [1.165, 1.54) is 25.0 Å². The summed E-state index contributed by atoms with van der Waals surface area (Å²) in [5, 5.41) is 0. The van der Waals surface area contributed by atoms with E-state index < -0.39 is 17.3 Å². The van der Waals surface area contributed by atoms with Crippen LogP contribution in [0.25, 0.3) is 5.70 Å². The minimum atomic E-state index is -4.54. The summed E-state index contributed by atoms with van der Waals surface area (Å²) in [6.45, 7) is 5.15. The van der Waals surface area contributed by atoms with Crippen LogP contribution in [-0.4, -0.2) is 23.5 Å². The van der Waals surface area contributed by atoms with Crippen molar-refractivity contribution in [1.29, 1.82) is 0 Å². The third-order valence-corrected chi connectivity index (χ3v) is 5.47. The number of nitrogens with one attached hydrogen (secondary N) is 1. The van der Waals surface area contributed by atoms with Crippen LogP contribution in [0.1, 0.15) is 46.5 Å². The summed E-state index contributed by atoms with van der Waals surface area (Å²) in [7, 11) is 1.40. The quantitative estimate of drug-likeness (QED) is 0.737. The second-order valence-corrected chi connectivity index (χ2v) is 7.80. The van der Waals surface area contributed by atoms with Gasteiger partial charge in [-0.05, 0) is 50.1 Å². The Morgan fingerprint density at radius 2 is 1.87 bits per heavy atom. The van der Waals surface area contributed by atoms with E-state index in [1.807, 2.05) is 12.1 Å². The average Bonchev–Trinajstić information content (AvgIpc) is 2.98. The second-order valence-electron chi connectivity index (χ2n) is 7.80. The van der Waals surface area contributed by atoms with Crippen molar-refractivity contribution >= 4 is 11.6 Å². The smallest absolute Gasteiger partial charge is 0.416 e. The van der Waals surface area contributed by atoms with Crippen LogP contribution in [0.3, 0.4) is 0 Å². The van der Waals surface area contributed by atoms with Crippen LogP contribution in [0.4, 0.5) is 13.2 Å². The highest BCUT2D eigenvalue weighted by atomic mass is 19.4. The molecular formula is C22H21F3N2O3. The lowest BCUT2D eigenvalue weighted by molar-refractivity contribution is -0.138. The van der Waals surface area contributed by atoms with E-state index >= 15 is 0 Å². The van der Waals surface area contributed by atoms with Gasteiger partial charge in [0, 0.05) is 11.1 Å². The summed E-state index contributed by atoms with van der Waals surface area (Å²) >= 11 is 0. The highest BCUT2D eigenvalue weighted by molar-refractivity contribution is 6.04. The van der Waals surface area contributed by atoms with Gasteiger partial charge in [0.15, 0.2) is 0 Å². The lowest BCUT2D eigenvalue weighted by atomic mass is 9.89. The van der Waals surface area contributed by atoms with Gasteiger partial charge in [-0.2, -0.15) is 13.2 Å². The number of nitrogens with zero attached hydrogens (tertiary/aromatic N) is 1. The van der Waals surface area contributed by atoms with E-state index in [-0.39, 0.29) is 29.3 Å². The number of halogens is 3. The third-order valence-electron chi connectivity index (χ3n) is 5.47. The molecule has 0 aliphatic carbocycles. The van der Waals surface area contributed by atoms with E-state index in [0.29, 0.717) is 17.0 Å². The number of fused-ring (bicyclic) bond motifs is 2. The van der Waals surface area contributed by atoms with Crippen molar-refractivity contribution in [3.63, 3.8) is 0 Å². The first-order valence-electron chi connectivity index (χ1n) is 9.40. The largest absolute Gasteiger partial charge is 0.481 e. The summed E-state index contributed by atoms with van der Waals surface area (Å²) in [4.78, 5) is 19.8. The van der Waals surface area contributed by atoms with Crippen molar-refractivity contribution < 1.29 is 27.5 Å². The number of hydrogen-bond acceptors (Lipinski definition) is 4. The van der Waals surface area contributed by atoms with Crippen LogP contribution in [0.5, 0.6) is 5.75 Å². The van der Waals surface area contributed by atoms with Gasteiger partial charge in [0.2, 0.25) is 0 Å². The summed E-state index contributed by atoms with van der Waals surface area (Å²) in [5.41, 5.74) is 3.26. The van der Waals surface area contributed by atoms with Gasteiger partial charge in [0.05, 0.1) is 24.9 Å². The van der Waals surface area contributed by atoms with Crippen LogP contribution in [-0.2, 0) is 17.6 Å². The standard InChI is InChI=1S/C22H21F3N2O3/c1-12-15(22(23,24)25)9-10-16-17(12)18(19(26-29-4)21(2,3)30-16)27-11-13-7-5-6-8-14(13)20(27)28/h5-10,26H,11H2,1-4H3. The van der Waals surface area contributed by atoms with Gasteiger partial charge in [-0.25, -0.2) is 0 Å². The number of rotatable bonds is 3. The number of hydroxylamine groups is 1. The van der Waals surface area contributed by atoms with Crippen LogP contribution in [0.15, 0.2) is 42.1 Å². The number of alkyl halides is 3. The molecule has 1 N–H and O–H groups in total. The molecule has 2 aliphatic heterocycles. The number of benzene rings is 2. The van der Waals surface area contributed by atoms with Crippen LogP contribution in [0.2, 0.25) is 0 Å². The van der Waals surface area contributed by atoms with E-state index in [9.17, 15) is 18.0 Å². The first-order chi connectivity index (χ1) is 14.1. The van der Waals surface area contributed by atoms with E-state index in [0.717, 1.165) is 11.6 Å². The lowest BCUT2D eigenvalue weighted by Gasteiger charge is -2.40. The van der Waals surface area contributed by atoms with Gasteiger partial charge in [-0.1, -0.05) is 18.2 Å². The molecule has 2 heterocycles. The molecular weight excluding hydrogens is 397 g/mol. The lowest BCUT2D eigenvalue weighted by Crippen LogP contribution is -2.44. The fourth-order valence-corrected chi connectivity index (χ4v) is 4.09. The predicted octanol–water partition coefficient (Wildman–Crippen LogP) is 4.66. The molecule has 0 saturated carbocycles. The van der Waals surface area contributed by atoms with Crippen LogP contribution >= 0.6 is 0 Å². The molecule has 8 heteroatoms. The van der Waals surface area contributed by atoms with Gasteiger partial charge in [-0.3, -0.25) is 15.1 Å². The number of carbonyl (C=O) groups is 1. The molecule has 2 aromatic rings. The van der Waals surface area contributed by atoms with Crippen LogP contribution < -0.4 is 10.2 Å². The Labute approximate surface area is 172 Å². The number of hydrogen-bond donors (Lipinski definition) is 1. The highest BCUT2D eigenvalue weighted by Gasteiger charge is 2.44. The Bertz CT molecular complexity index is 1070. The van der Waals surface area contributed by atoms with Gasteiger partial charge in [0.25, 0.3) is 5.91 Å². The number of amides is 1. The molecule has 0 spiro atoms. The van der Waals surface area contributed by atoms with E-state index in [2.05, 4.69) is 5.48 Å². The zero-order chi connectivity index (χ0) is 21.8. The number of ether oxygens (including phenoxy) is 1. The first-order valence-corrected chi connectivity index (χ1v) is 9.40. The van der Waals surface area contributed by atoms with Crippen molar-refractivity contribution in [2.45, 2.75) is 39.1 Å². The summed E-state index contributed by atoms with van der Waals surface area (Å²) in [6.07, 6.45) is -4.54. The molecule has 0 radical (unpaired) electrons. The second kappa shape index (κ2) is 6.77. The maximum atomic E-state index is 13.6. The first kappa shape index (κ1) is 20.3. The van der Waals surface area contributed by atoms with E-state index in [4.69, 9.17) is 9.57 Å². The molecule has 158 valence electrons. The Balaban J connectivity index is 2.00. The molecule has 1 amide bonds. The average molecular weight is 418 g/mol. The Kier molecular flexibility index (Phi) is 4.58. The maximum absolute atomic E-state index is 13.6. The predicted molar refractivity (Wildman–Crippen MR) is 104 cm³/mol. The van der Waals surface area contributed by atoms with Crippen molar-refractivity contribution in [3.05, 3.63) is 69.9 Å². The maximum Gasteiger partial charge on any atom is 0.416 e. The molecule has 0 atom stereocenters. The molecule has 0 bridgehead atoms. The normalized spacial score (nSPS) is 17.6. The minimum Gasteiger partial charge on any atom is -0.481 e. The minimum absolute atomic E-state index is 0.00957.